The van der Waals surface area contributed by atoms with Crippen molar-refractivity contribution in [1.82, 2.24) is 24.4 Å². The first-order valence-corrected chi connectivity index (χ1v) is 8.18. The molecule has 0 spiro atoms. The molecule has 5 nitrogen and oxygen atoms in total. The van der Waals surface area contributed by atoms with E-state index in [1.165, 1.54) is 0 Å². The molecule has 1 aliphatic heterocycles. The fourth-order valence-corrected chi connectivity index (χ4v) is 3.40. The SMILES string of the molecule is Fc1cc(F)c(-c2nn3c(c2-c2nc4ccccn4n2)CCC3)cc1F. The summed E-state index contributed by atoms with van der Waals surface area (Å²) < 4.78 is 44.8. The van der Waals surface area contributed by atoms with Gasteiger partial charge >= 0.3 is 0 Å². The standard InChI is InChI=1S/C18H12F3N5/c19-11-9-13(21)12(20)8-10(11)17-16(14-4-3-7-25(14)23-17)18-22-15-5-1-2-6-26(15)24-18/h1-2,5-6,8-9H,3-4,7H2. The van der Waals surface area contributed by atoms with E-state index in [1.54, 1.807) is 21.5 Å². The topological polar surface area (TPSA) is 48.0 Å². The predicted molar refractivity (Wildman–Crippen MR) is 87.8 cm³/mol. The van der Waals surface area contributed by atoms with E-state index in [-0.39, 0.29) is 11.3 Å². The molecule has 0 bridgehead atoms. The van der Waals surface area contributed by atoms with Gasteiger partial charge in [-0.1, -0.05) is 6.07 Å². The summed E-state index contributed by atoms with van der Waals surface area (Å²) in [6.07, 6.45) is 3.40. The van der Waals surface area contributed by atoms with Gasteiger partial charge in [0.15, 0.2) is 23.1 Å². The van der Waals surface area contributed by atoms with Gasteiger partial charge in [0.25, 0.3) is 0 Å². The van der Waals surface area contributed by atoms with E-state index in [9.17, 15) is 13.2 Å². The minimum absolute atomic E-state index is 0.0975. The second-order valence-electron chi connectivity index (χ2n) is 6.18. The zero-order chi connectivity index (χ0) is 17.8. The highest BCUT2D eigenvalue weighted by Gasteiger charge is 2.28. The fraction of sp³-hybridized carbons (Fsp3) is 0.167. The Morgan fingerprint density at radius 2 is 1.81 bits per heavy atom. The summed E-state index contributed by atoms with van der Waals surface area (Å²) in [6, 6.07) is 6.84. The van der Waals surface area contributed by atoms with Gasteiger partial charge in [0, 0.05) is 24.4 Å². The number of benzene rings is 1. The Hall–Kier alpha value is -3.16. The van der Waals surface area contributed by atoms with Gasteiger partial charge in [0.2, 0.25) is 0 Å². The summed E-state index contributed by atoms with van der Waals surface area (Å²) in [7, 11) is 0. The average molecular weight is 355 g/mol. The summed E-state index contributed by atoms with van der Waals surface area (Å²) in [5, 5.41) is 8.89. The second kappa shape index (κ2) is 5.42. The third-order valence-corrected chi connectivity index (χ3v) is 4.57. The van der Waals surface area contributed by atoms with Crippen LogP contribution in [-0.2, 0) is 13.0 Å². The number of hydrogen-bond donors (Lipinski definition) is 0. The van der Waals surface area contributed by atoms with Crippen LogP contribution >= 0.6 is 0 Å². The second-order valence-corrected chi connectivity index (χ2v) is 6.18. The van der Waals surface area contributed by atoms with Gasteiger partial charge in [-0.3, -0.25) is 4.68 Å². The number of hydrogen-bond acceptors (Lipinski definition) is 3. The van der Waals surface area contributed by atoms with Gasteiger partial charge in [-0.05, 0) is 31.0 Å². The van der Waals surface area contributed by atoms with Gasteiger partial charge in [-0.25, -0.2) is 22.7 Å². The lowest BCUT2D eigenvalue weighted by molar-refractivity contribution is 0.496. The van der Waals surface area contributed by atoms with Crippen LogP contribution in [0.4, 0.5) is 13.2 Å². The molecule has 4 aromatic rings. The van der Waals surface area contributed by atoms with Crippen molar-refractivity contribution in [2.45, 2.75) is 19.4 Å². The predicted octanol–water partition coefficient (Wildman–Crippen LogP) is 3.62. The number of halogens is 3. The molecule has 0 saturated heterocycles. The minimum Gasteiger partial charge on any atom is -0.268 e. The molecule has 26 heavy (non-hydrogen) atoms. The van der Waals surface area contributed by atoms with Crippen molar-refractivity contribution in [1.29, 1.82) is 0 Å². The van der Waals surface area contributed by atoms with Crippen molar-refractivity contribution in [3.8, 4) is 22.6 Å². The Bertz CT molecular complexity index is 1130. The Morgan fingerprint density at radius 1 is 0.962 bits per heavy atom. The summed E-state index contributed by atoms with van der Waals surface area (Å²) in [4.78, 5) is 4.50. The molecule has 4 heterocycles. The highest BCUT2D eigenvalue weighted by atomic mass is 19.2. The summed E-state index contributed by atoms with van der Waals surface area (Å²) in [5.74, 6) is -2.84. The number of pyridine rings is 1. The van der Waals surface area contributed by atoms with E-state index in [2.05, 4.69) is 15.2 Å². The molecular formula is C18H12F3N5. The number of rotatable bonds is 2. The third-order valence-electron chi connectivity index (χ3n) is 4.57. The lowest BCUT2D eigenvalue weighted by atomic mass is 10.0. The highest BCUT2D eigenvalue weighted by molar-refractivity contribution is 5.80. The van der Waals surface area contributed by atoms with Crippen LogP contribution in [0.3, 0.4) is 0 Å². The maximum atomic E-state index is 14.4. The maximum absolute atomic E-state index is 14.4. The van der Waals surface area contributed by atoms with E-state index in [4.69, 9.17) is 0 Å². The van der Waals surface area contributed by atoms with Gasteiger partial charge in [-0.15, -0.1) is 5.10 Å². The van der Waals surface area contributed by atoms with Crippen LogP contribution in [0.25, 0.3) is 28.3 Å². The number of aromatic nitrogens is 5. The fourth-order valence-electron chi connectivity index (χ4n) is 3.40. The van der Waals surface area contributed by atoms with Crippen LogP contribution in [0.5, 0.6) is 0 Å². The smallest absolute Gasteiger partial charge is 0.186 e. The maximum Gasteiger partial charge on any atom is 0.186 e. The number of nitrogens with zero attached hydrogens (tertiary/aromatic N) is 5. The molecule has 0 amide bonds. The Kier molecular flexibility index (Phi) is 3.15. The van der Waals surface area contributed by atoms with E-state index < -0.39 is 17.5 Å². The average Bonchev–Trinajstić information content (AvgIpc) is 3.30. The first kappa shape index (κ1) is 15.1. The van der Waals surface area contributed by atoms with Crippen molar-refractivity contribution < 1.29 is 13.2 Å². The number of aryl methyl sites for hydroxylation is 1. The molecule has 1 aliphatic rings. The monoisotopic (exact) mass is 355 g/mol. The molecule has 5 rings (SSSR count). The highest BCUT2D eigenvalue weighted by Crippen LogP contribution is 2.37. The van der Waals surface area contributed by atoms with Crippen LogP contribution in [0.1, 0.15) is 12.1 Å². The van der Waals surface area contributed by atoms with E-state index in [0.717, 1.165) is 24.6 Å². The lowest BCUT2D eigenvalue weighted by Gasteiger charge is -2.04. The molecule has 0 fully saturated rings. The normalized spacial score (nSPS) is 13.5. The van der Waals surface area contributed by atoms with Crippen LogP contribution in [0.2, 0.25) is 0 Å². The van der Waals surface area contributed by atoms with Gasteiger partial charge in [0.05, 0.1) is 11.3 Å². The summed E-state index contributed by atoms with van der Waals surface area (Å²) in [5.41, 5.74) is 2.21. The molecule has 0 saturated carbocycles. The zero-order valence-electron chi connectivity index (χ0n) is 13.5. The molecule has 0 N–H and O–H groups in total. The molecular weight excluding hydrogens is 343 g/mol. The number of fused-ring (bicyclic) bond motifs is 2. The summed E-state index contributed by atoms with van der Waals surface area (Å²) >= 11 is 0. The van der Waals surface area contributed by atoms with Gasteiger partial charge in [0.1, 0.15) is 11.5 Å². The Labute approximate surface area is 145 Å². The van der Waals surface area contributed by atoms with Crippen LogP contribution in [-0.4, -0.2) is 24.4 Å². The first-order valence-electron chi connectivity index (χ1n) is 8.18. The Morgan fingerprint density at radius 3 is 2.65 bits per heavy atom. The van der Waals surface area contributed by atoms with Crippen molar-refractivity contribution in [3.63, 3.8) is 0 Å². The van der Waals surface area contributed by atoms with Gasteiger partial charge < -0.3 is 0 Å². The zero-order valence-corrected chi connectivity index (χ0v) is 13.5. The first-order chi connectivity index (χ1) is 12.6. The largest absolute Gasteiger partial charge is 0.268 e. The molecule has 1 aromatic carbocycles. The van der Waals surface area contributed by atoms with Gasteiger partial charge in [-0.2, -0.15) is 5.10 Å². The van der Waals surface area contributed by atoms with Crippen LogP contribution in [0, 0.1) is 17.5 Å². The quantitative estimate of drug-likeness (QED) is 0.516. The molecule has 3 aromatic heterocycles. The molecule has 130 valence electrons. The molecule has 0 atom stereocenters. The summed E-state index contributed by atoms with van der Waals surface area (Å²) in [6.45, 7) is 0.682. The molecule has 0 radical (unpaired) electrons. The van der Waals surface area contributed by atoms with E-state index in [0.29, 0.717) is 29.6 Å². The van der Waals surface area contributed by atoms with E-state index in [1.807, 2.05) is 12.1 Å². The third kappa shape index (κ3) is 2.15. The molecule has 0 aliphatic carbocycles. The molecule has 0 unspecified atom stereocenters. The Balaban J connectivity index is 1.79. The molecule has 8 heteroatoms. The van der Waals surface area contributed by atoms with Crippen molar-refractivity contribution in [3.05, 3.63) is 59.7 Å². The lowest BCUT2D eigenvalue weighted by Crippen LogP contribution is -1.96. The van der Waals surface area contributed by atoms with Crippen molar-refractivity contribution in [2.24, 2.45) is 0 Å². The van der Waals surface area contributed by atoms with Crippen molar-refractivity contribution >= 4 is 5.65 Å². The minimum atomic E-state index is -1.23. The van der Waals surface area contributed by atoms with Crippen LogP contribution in [0.15, 0.2) is 36.5 Å². The van der Waals surface area contributed by atoms with E-state index >= 15 is 0 Å². The van der Waals surface area contributed by atoms with Crippen LogP contribution < -0.4 is 0 Å². The van der Waals surface area contributed by atoms with Crippen molar-refractivity contribution in [2.75, 3.05) is 0 Å².